The molecule has 0 aliphatic heterocycles. The largest absolute Gasteiger partial charge is 0.494 e. The Kier molecular flexibility index (Phi) is 8.21. The average molecular weight is 382 g/mol. The molecule has 0 spiro atoms. The summed E-state index contributed by atoms with van der Waals surface area (Å²) in [5.74, 6) is -0.369. The Morgan fingerprint density at radius 2 is 1.68 bits per heavy atom. The van der Waals surface area contributed by atoms with Gasteiger partial charge in [-0.25, -0.2) is 0 Å². The number of hydrogen-bond acceptors (Lipinski definition) is 4. The second kappa shape index (κ2) is 10.9. The molecule has 0 atom stereocenters. The van der Waals surface area contributed by atoms with Gasteiger partial charge in [-0.3, -0.25) is 14.4 Å². The molecule has 0 bridgehead atoms. The maximum atomic E-state index is 12.3. The number of primary amides is 1. The lowest BCUT2D eigenvalue weighted by molar-refractivity contribution is -0.116. The fourth-order valence-corrected chi connectivity index (χ4v) is 2.67. The van der Waals surface area contributed by atoms with Crippen molar-refractivity contribution >= 4 is 23.3 Å². The van der Waals surface area contributed by atoms with Crippen LogP contribution in [0.2, 0.25) is 0 Å². The van der Waals surface area contributed by atoms with E-state index in [-0.39, 0.29) is 30.1 Å². The minimum absolute atomic E-state index is 0.0151. The summed E-state index contributed by atoms with van der Waals surface area (Å²) in [6.45, 7) is 2.80. The van der Waals surface area contributed by atoms with Crippen LogP contribution in [-0.2, 0) is 4.79 Å². The van der Waals surface area contributed by atoms with Crippen LogP contribution in [0.1, 0.15) is 59.7 Å². The van der Waals surface area contributed by atoms with Crippen LogP contribution in [0.25, 0.3) is 0 Å². The van der Waals surface area contributed by atoms with Crippen molar-refractivity contribution in [1.82, 2.24) is 0 Å². The smallest absolute Gasteiger partial charge is 0.250 e. The zero-order valence-corrected chi connectivity index (χ0v) is 16.1. The van der Waals surface area contributed by atoms with Crippen molar-refractivity contribution < 1.29 is 19.1 Å². The van der Waals surface area contributed by atoms with Crippen LogP contribution in [0.4, 0.5) is 5.69 Å². The maximum absolute atomic E-state index is 12.3. The van der Waals surface area contributed by atoms with E-state index in [4.69, 9.17) is 10.5 Å². The quantitative estimate of drug-likeness (QED) is 0.454. The fraction of sp³-hybridized carbons (Fsp3) is 0.318. The first kappa shape index (κ1) is 21.2. The lowest BCUT2D eigenvalue weighted by Gasteiger charge is -2.09. The van der Waals surface area contributed by atoms with Gasteiger partial charge in [0.2, 0.25) is 5.91 Å². The molecule has 0 aliphatic carbocycles. The third-order valence-electron chi connectivity index (χ3n) is 4.24. The molecule has 2 aromatic rings. The van der Waals surface area contributed by atoms with Crippen molar-refractivity contribution in [3.05, 3.63) is 59.7 Å². The molecule has 0 aromatic heterocycles. The third kappa shape index (κ3) is 6.54. The van der Waals surface area contributed by atoms with Crippen LogP contribution in [-0.4, -0.2) is 24.2 Å². The molecular weight excluding hydrogens is 356 g/mol. The number of benzene rings is 2. The zero-order chi connectivity index (χ0) is 20.4. The van der Waals surface area contributed by atoms with Gasteiger partial charge in [0.25, 0.3) is 5.91 Å². The normalized spacial score (nSPS) is 10.3. The van der Waals surface area contributed by atoms with Gasteiger partial charge in [-0.2, -0.15) is 0 Å². The van der Waals surface area contributed by atoms with Crippen LogP contribution in [0, 0.1) is 0 Å². The Hall–Kier alpha value is -3.15. The SMILES string of the molecule is CCCCCOc1ccc(C(=O)CCC(=O)Nc2ccccc2C(N)=O)cc1. The molecule has 0 aliphatic rings. The maximum Gasteiger partial charge on any atom is 0.250 e. The van der Waals surface area contributed by atoms with Crippen molar-refractivity contribution in [3.63, 3.8) is 0 Å². The number of hydrogen-bond donors (Lipinski definition) is 2. The van der Waals surface area contributed by atoms with E-state index in [1.54, 1.807) is 42.5 Å². The van der Waals surface area contributed by atoms with Gasteiger partial charge in [0.15, 0.2) is 5.78 Å². The monoisotopic (exact) mass is 382 g/mol. The highest BCUT2D eigenvalue weighted by Gasteiger charge is 2.13. The molecular formula is C22H26N2O4. The highest BCUT2D eigenvalue weighted by atomic mass is 16.5. The minimum Gasteiger partial charge on any atom is -0.494 e. The van der Waals surface area contributed by atoms with E-state index >= 15 is 0 Å². The van der Waals surface area contributed by atoms with Gasteiger partial charge in [-0.05, 0) is 42.8 Å². The molecule has 6 nitrogen and oxygen atoms in total. The number of ketones is 1. The average Bonchev–Trinajstić information content (AvgIpc) is 2.70. The second-order valence-electron chi connectivity index (χ2n) is 6.46. The standard InChI is InChI=1S/C22H26N2O4/c1-2-3-6-15-28-17-11-9-16(10-12-17)20(25)13-14-21(26)24-19-8-5-4-7-18(19)22(23)27/h4-5,7-12H,2-3,6,13-15H2,1H3,(H2,23,27)(H,24,26). The van der Waals surface area contributed by atoms with Crippen LogP contribution < -0.4 is 15.8 Å². The molecule has 0 radical (unpaired) electrons. The number of nitrogens with one attached hydrogen (secondary N) is 1. The number of carbonyl (C=O) groups is 3. The highest BCUT2D eigenvalue weighted by Crippen LogP contribution is 2.17. The van der Waals surface area contributed by atoms with Gasteiger partial charge in [-0.15, -0.1) is 0 Å². The summed E-state index contributed by atoms with van der Waals surface area (Å²) in [5.41, 5.74) is 6.40. The van der Waals surface area contributed by atoms with E-state index in [1.807, 2.05) is 0 Å². The topological polar surface area (TPSA) is 98.5 Å². The van der Waals surface area contributed by atoms with Crippen molar-refractivity contribution in [2.24, 2.45) is 5.73 Å². The van der Waals surface area contributed by atoms with Gasteiger partial charge >= 0.3 is 0 Å². The Balaban J connectivity index is 1.83. The molecule has 28 heavy (non-hydrogen) atoms. The van der Waals surface area contributed by atoms with Crippen molar-refractivity contribution in [3.8, 4) is 5.75 Å². The van der Waals surface area contributed by atoms with E-state index in [9.17, 15) is 14.4 Å². The number of rotatable bonds is 11. The molecule has 6 heteroatoms. The predicted octanol–water partition coefficient (Wildman–Crippen LogP) is 3.96. The van der Waals surface area contributed by atoms with Gasteiger partial charge in [0, 0.05) is 18.4 Å². The Labute approximate surface area is 165 Å². The van der Waals surface area contributed by atoms with E-state index in [0.717, 1.165) is 25.0 Å². The molecule has 0 saturated heterocycles. The minimum atomic E-state index is -0.621. The first-order chi connectivity index (χ1) is 13.5. The van der Waals surface area contributed by atoms with E-state index in [1.165, 1.54) is 6.07 Å². The number of anilines is 1. The summed E-state index contributed by atoms with van der Waals surface area (Å²) in [4.78, 5) is 35.8. The van der Waals surface area contributed by atoms with Crippen LogP contribution in [0.5, 0.6) is 5.75 Å². The Morgan fingerprint density at radius 3 is 2.36 bits per heavy atom. The number of Topliss-reactive ketones (excluding diaryl/α,β-unsaturated/α-hetero) is 1. The lowest BCUT2D eigenvalue weighted by atomic mass is 10.1. The Morgan fingerprint density at radius 1 is 0.964 bits per heavy atom. The lowest BCUT2D eigenvalue weighted by Crippen LogP contribution is -2.18. The number of unbranched alkanes of at least 4 members (excludes halogenated alkanes) is 2. The van der Waals surface area contributed by atoms with Crippen molar-refractivity contribution in [2.75, 3.05) is 11.9 Å². The summed E-state index contributed by atoms with van der Waals surface area (Å²) in [7, 11) is 0. The molecule has 2 aromatic carbocycles. The molecule has 148 valence electrons. The van der Waals surface area contributed by atoms with Crippen LogP contribution in [0.3, 0.4) is 0 Å². The van der Waals surface area contributed by atoms with Gasteiger partial charge in [-0.1, -0.05) is 31.9 Å². The first-order valence-electron chi connectivity index (χ1n) is 9.46. The second-order valence-corrected chi connectivity index (χ2v) is 6.46. The molecule has 3 N–H and O–H groups in total. The number of ether oxygens (including phenoxy) is 1. The van der Waals surface area contributed by atoms with Crippen LogP contribution in [0.15, 0.2) is 48.5 Å². The molecule has 0 saturated carbocycles. The fourth-order valence-electron chi connectivity index (χ4n) is 2.67. The zero-order valence-electron chi connectivity index (χ0n) is 16.1. The van der Waals surface area contributed by atoms with Crippen molar-refractivity contribution in [2.45, 2.75) is 39.0 Å². The van der Waals surface area contributed by atoms with Crippen LogP contribution >= 0.6 is 0 Å². The first-order valence-corrected chi connectivity index (χ1v) is 9.46. The summed E-state index contributed by atoms with van der Waals surface area (Å²) in [6, 6.07) is 13.4. The number of carbonyl (C=O) groups excluding carboxylic acids is 3. The molecule has 0 heterocycles. The van der Waals surface area contributed by atoms with Crippen molar-refractivity contribution in [1.29, 1.82) is 0 Å². The van der Waals surface area contributed by atoms with E-state index in [2.05, 4.69) is 12.2 Å². The molecule has 0 unspecified atom stereocenters. The van der Waals surface area contributed by atoms with Gasteiger partial charge in [0.05, 0.1) is 17.9 Å². The van der Waals surface area contributed by atoms with Gasteiger partial charge in [0.1, 0.15) is 5.75 Å². The molecule has 2 rings (SSSR count). The van der Waals surface area contributed by atoms with E-state index in [0.29, 0.717) is 17.9 Å². The predicted molar refractivity (Wildman–Crippen MR) is 109 cm³/mol. The number of nitrogens with two attached hydrogens (primary N) is 1. The Bertz CT molecular complexity index is 816. The van der Waals surface area contributed by atoms with Gasteiger partial charge < -0.3 is 15.8 Å². The number of amides is 2. The summed E-state index contributed by atoms with van der Waals surface area (Å²) in [6.07, 6.45) is 3.36. The van der Waals surface area contributed by atoms with E-state index < -0.39 is 5.91 Å². The molecule has 2 amide bonds. The summed E-state index contributed by atoms with van der Waals surface area (Å²) >= 11 is 0. The highest BCUT2D eigenvalue weighted by molar-refractivity contribution is 6.04. The molecule has 0 fully saturated rings. The third-order valence-corrected chi connectivity index (χ3v) is 4.24. The summed E-state index contributed by atoms with van der Waals surface area (Å²) < 4.78 is 5.62. The number of para-hydroxylation sites is 1. The summed E-state index contributed by atoms with van der Waals surface area (Å²) in [5, 5.41) is 2.63.